The Bertz CT molecular complexity index is 781. The third kappa shape index (κ3) is 2.77. The predicted molar refractivity (Wildman–Crippen MR) is 86.7 cm³/mol. The second-order valence-corrected chi connectivity index (χ2v) is 6.20. The van der Waals surface area contributed by atoms with Crippen molar-refractivity contribution in [3.8, 4) is 0 Å². The van der Waals surface area contributed by atoms with Crippen molar-refractivity contribution in [2.75, 3.05) is 12.1 Å². The number of ether oxygens (including phenoxy) is 1. The Hall–Kier alpha value is -2.11. The molecule has 1 aliphatic heterocycles. The Morgan fingerprint density at radius 1 is 1.40 bits per heavy atom. The topological polar surface area (TPSA) is 146 Å². The van der Waals surface area contributed by atoms with Crippen LogP contribution in [0.25, 0.3) is 11.2 Å². The number of allylic oxidation sites excluding steroid dienone is 1. The van der Waals surface area contributed by atoms with E-state index in [-0.39, 0.29) is 17.8 Å². The first-order valence-electron chi connectivity index (χ1n) is 7.82. The van der Waals surface area contributed by atoms with Crippen LogP contribution in [0.1, 0.15) is 19.8 Å². The molecule has 0 bridgehead atoms. The van der Waals surface area contributed by atoms with Gasteiger partial charge >= 0.3 is 0 Å². The normalized spacial score (nSPS) is 29.2. The van der Waals surface area contributed by atoms with Crippen LogP contribution in [-0.2, 0) is 10.5 Å². The number of aliphatic hydroxyl groups is 3. The summed E-state index contributed by atoms with van der Waals surface area (Å²) in [5.41, 5.74) is 2.00. The van der Waals surface area contributed by atoms with Gasteiger partial charge < -0.3 is 20.1 Å². The van der Waals surface area contributed by atoms with Crippen LogP contribution in [0.3, 0.4) is 0 Å². The lowest BCUT2D eigenvalue weighted by Gasteiger charge is -2.34. The summed E-state index contributed by atoms with van der Waals surface area (Å²) in [6, 6.07) is 0. The maximum absolute atomic E-state index is 10.7. The summed E-state index contributed by atoms with van der Waals surface area (Å²) in [4.78, 5) is 12.2. The van der Waals surface area contributed by atoms with Gasteiger partial charge in [-0.1, -0.05) is 5.57 Å². The fourth-order valence-electron chi connectivity index (χ4n) is 3.13. The van der Waals surface area contributed by atoms with Crippen LogP contribution in [-0.4, -0.2) is 65.0 Å². The van der Waals surface area contributed by atoms with Crippen molar-refractivity contribution >= 4 is 17.0 Å². The zero-order valence-corrected chi connectivity index (χ0v) is 13.7. The molecule has 2 aromatic heterocycles. The smallest absolute Gasteiger partial charge is 0.181 e. The maximum Gasteiger partial charge on any atom is 0.181 e. The number of aromatic nitrogens is 4. The van der Waals surface area contributed by atoms with E-state index in [9.17, 15) is 15.3 Å². The zero-order chi connectivity index (χ0) is 18.2. The molecule has 0 saturated carbocycles. The molecule has 0 aromatic carbocycles. The number of nitrogens with zero attached hydrogens (tertiary/aromatic N) is 4. The Balaban J connectivity index is 2.14. The van der Waals surface area contributed by atoms with E-state index in [4.69, 9.17) is 9.94 Å². The fraction of sp³-hybridized carbons (Fsp3) is 0.533. The Morgan fingerprint density at radius 3 is 2.76 bits per heavy atom. The summed E-state index contributed by atoms with van der Waals surface area (Å²) in [5, 5.41) is 39.6. The van der Waals surface area contributed by atoms with E-state index >= 15 is 0 Å². The van der Waals surface area contributed by atoms with Crippen LogP contribution in [0.4, 0.5) is 5.82 Å². The fourth-order valence-corrected chi connectivity index (χ4v) is 3.13. The van der Waals surface area contributed by atoms with Gasteiger partial charge in [0.25, 0.3) is 0 Å². The first kappa shape index (κ1) is 17.7. The molecular formula is C15H21N5O5. The summed E-state index contributed by atoms with van der Waals surface area (Å²) in [5.74, 6) is 0.102. The highest BCUT2D eigenvalue weighted by Crippen LogP contribution is 2.41. The standard InChI is InChI=1S/C15H21N5O5/c1-8(2)3-4-15(12(23)11(22)9(5-21)25-15)20-7-18-10-13(19-24)16-6-17-14(10)20/h6-7,9,11-12,21-24H,1,3-5H2,2H3,(H,16,17,19)/t9-,11-,12-,15-/m1/s1. The highest BCUT2D eigenvalue weighted by Gasteiger charge is 2.55. The number of fused-ring (bicyclic) bond motifs is 1. The Morgan fingerprint density at radius 2 is 2.16 bits per heavy atom. The third-order valence-electron chi connectivity index (χ3n) is 4.46. The van der Waals surface area contributed by atoms with Gasteiger partial charge in [0, 0.05) is 6.42 Å². The molecule has 4 atom stereocenters. The van der Waals surface area contributed by atoms with Gasteiger partial charge in [0.2, 0.25) is 0 Å². The first-order chi connectivity index (χ1) is 11.9. The number of nitrogens with one attached hydrogen (secondary N) is 1. The van der Waals surface area contributed by atoms with Crippen LogP contribution < -0.4 is 5.48 Å². The number of hydrogen-bond donors (Lipinski definition) is 5. The molecule has 25 heavy (non-hydrogen) atoms. The van der Waals surface area contributed by atoms with E-state index in [1.807, 2.05) is 12.4 Å². The highest BCUT2D eigenvalue weighted by atomic mass is 16.6. The molecule has 1 aliphatic rings. The molecule has 1 saturated heterocycles. The van der Waals surface area contributed by atoms with Crippen molar-refractivity contribution in [1.29, 1.82) is 0 Å². The van der Waals surface area contributed by atoms with E-state index in [2.05, 4.69) is 21.5 Å². The van der Waals surface area contributed by atoms with Crippen molar-refractivity contribution in [1.82, 2.24) is 19.5 Å². The largest absolute Gasteiger partial charge is 0.394 e. The lowest BCUT2D eigenvalue weighted by molar-refractivity contribution is -0.150. The molecule has 0 radical (unpaired) electrons. The zero-order valence-electron chi connectivity index (χ0n) is 13.7. The molecule has 2 aromatic rings. The van der Waals surface area contributed by atoms with Crippen molar-refractivity contribution < 1.29 is 25.3 Å². The molecule has 136 valence electrons. The summed E-state index contributed by atoms with van der Waals surface area (Å²) in [6.45, 7) is 5.26. The van der Waals surface area contributed by atoms with Gasteiger partial charge in [-0.3, -0.25) is 15.3 Å². The van der Waals surface area contributed by atoms with Gasteiger partial charge in [0.05, 0.1) is 12.9 Å². The number of aliphatic hydroxyl groups excluding tert-OH is 3. The van der Waals surface area contributed by atoms with Crippen molar-refractivity contribution in [3.05, 3.63) is 24.8 Å². The average Bonchev–Trinajstić information content (AvgIpc) is 3.14. The summed E-state index contributed by atoms with van der Waals surface area (Å²) in [6.07, 6.45) is -0.116. The minimum Gasteiger partial charge on any atom is -0.394 e. The van der Waals surface area contributed by atoms with Gasteiger partial charge in [-0.25, -0.2) is 15.0 Å². The van der Waals surface area contributed by atoms with E-state index in [0.29, 0.717) is 12.1 Å². The summed E-state index contributed by atoms with van der Waals surface area (Å²) in [7, 11) is 0. The van der Waals surface area contributed by atoms with Crippen molar-refractivity contribution in [3.63, 3.8) is 0 Å². The summed E-state index contributed by atoms with van der Waals surface area (Å²) >= 11 is 0. The van der Waals surface area contributed by atoms with Crippen LogP contribution >= 0.6 is 0 Å². The number of imidazole rings is 1. The van der Waals surface area contributed by atoms with Gasteiger partial charge in [-0.15, -0.1) is 6.58 Å². The molecule has 0 aliphatic carbocycles. The van der Waals surface area contributed by atoms with E-state index in [0.717, 1.165) is 5.57 Å². The number of anilines is 1. The second-order valence-electron chi connectivity index (χ2n) is 6.20. The lowest BCUT2D eigenvalue weighted by atomic mass is 9.95. The van der Waals surface area contributed by atoms with Gasteiger partial charge in [-0.2, -0.15) is 0 Å². The average molecular weight is 351 g/mol. The molecule has 3 heterocycles. The second kappa shape index (κ2) is 6.65. The lowest BCUT2D eigenvalue weighted by Crippen LogP contribution is -2.45. The molecule has 0 unspecified atom stereocenters. The molecule has 0 spiro atoms. The first-order valence-corrected chi connectivity index (χ1v) is 7.82. The molecule has 3 rings (SSSR count). The Labute approximate surface area is 143 Å². The van der Waals surface area contributed by atoms with Gasteiger partial charge in [0.15, 0.2) is 22.7 Å². The van der Waals surface area contributed by atoms with E-state index in [1.165, 1.54) is 17.2 Å². The SMILES string of the molecule is C=C(C)CC[C@@]1(n2cnc3c(NO)ncnc32)O[C@H](CO)[C@@H](O)[C@H]1O. The maximum atomic E-state index is 10.7. The predicted octanol–water partition coefficient (Wildman–Crippen LogP) is -0.251. The highest BCUT2D eigenvalue weighted by molar-refractivity contribution is 5.82. The molecule has 0 amide bonds. The molecular weight excluding hydrogens is 330 g/mol. The quantitative estimate of drug-likeness (QED) is 0.351. The molecule has 5 N–H and O–H groups in total. The van der Waals surface area contributed by atoms with Gasteiger partial charge in [-0.05, 0) is 13.3 Å². The molecule has 1 fully saturated rings. The van der Waals surface area contributed by atoms with Crippen LogP contribution in [0.2, 0.25) is 0 Å². The minimum atomic E-state index is -1.39. The van der Waals surface area contributed by atoms with Gasteiger partial charge in [0.1, 0.15) is 24.6 Å². The van der Waals surface area contributed by atoms with Crippen LogP contribution in [0, 0.1) is 0 Å². The van der Waals surface area contributed by atoms with Crippen molar-refractivity contribution in [2.24, 2.45) is 0 Å². The van der Waals surface area contributed by atoms with Crippen LogP contribution in [0.5, 0.6) is 0 Å². The number of rotatable bonds is 6. The molecule has 10 heteroatoms. The van der Waals surface area contributed by atoms with Crippen LogP contribution in [0.15, 0.2) is 24.8 Å². The van der Waals surface area contributed by atoms with Crippen molar-refractivity contribution in [2.45, 2.75) is 43.8 Å². The summed E-state index contributed by atoms with van der Waals surface area (Å²) < 4.78 is 7.39. The van der Waals surface area contributed by atoms with E-state index < -0.39 is 30.6 Å². The number of hydrogen-bond acceptors (Lipinski definition) is 9. The Kier molecular flexibility index (Phi) is 4.71. The van der Waals surface area contributed by atoms with E-state index in [1.54, 1.807) is 0 Å². The minimum absolute atomic E-state index is 0.102. The molecule has 10 nitrogen and oxygen atoms in total. The monoisotopic (exact) mass is 351 g/mol. The third-order valence-corrected chi connectivity index (χ3v) is 4.46.